The summed E-state index contributed by atoms with van der Waals surface area (Å²) in [5, 5.41) is 11.5. The Kier molecular flexibility index (Phi) is 3.61. The summed E-state index contributed by atoms with van der Waals surface area (Å²) in [6.07, 6.45) is 1.62. The minimum Gasteiger partial charge on any atom is -0.477 e. The molecule has 0 unspecified atom stereocenters. The Morgan fingerprint density at radius 1 is 1.47 bits per heavy atom. The number of hydrogen-bond donors (Lipinski definition) is 3. The predicted molar refractivity (Wildman–Crippen MR) is 53.5 cm³/mol. The Morgan fingerprint density at radius 2 is 2.20 bits per heavy atom. The van der Waals surface area contributed by atoms with E-state index in [9.17, 15) is 9.59 Å². The van der Waals surface area contributed by atoms with E-state index >= 15 is 0 Å². The normalized spacial score (nSPS) is 9.60. The summed E-state index contributed by atoms with van der Waals surface area (Å²) < 4.78 is 0. The van der Waals surface area contributed by atoms with E-state index in [1.807, 2.05) is 0 Å². The van der Waals surface area contributed by atoms with Gasteiger partial charge >= 0.3 is 5.97 Å². The number of anilines is 1. The summed E-state index contributed by atoms with van der Waals surface area (Å²) in [6, 6.07) is 2.96. The fourth-order valence-electron chi connectivity index (χ4n) is 0.955. The molecule has 6 heteroatoms. The lowest BCUT2D eigenvalue weighted by molar-refractivity contribution is -0.117. The van der Waals surface area contributed by atoms with Gasteiger partial charge in [-0.15, -0.1) is 0 Å². The van der Waals surface area contributed by atoms with Crippen molar-refractivity contribution in [2.75, 3.05) is 11.9 Å². The number of nitrogens with one attached hydrogen (secondary N) is 1. The summed E-state index contributed by atoms with van der Waals surface area (Å²) in [6.45, 7) is 0.406. The number of carboxylic acids is 1. The van der Waals surface area contributed by atoms with Crippen molar-refractivity contribution in [3.8, 4) is 0 Å². The first-order valence-corrected chi connectivity index (χ1v) is 4.31. The molecule has 1 rings (SSSR count). The Morgan fingerprint density at radius 3 is 2.67 bits per heavy atom. The van der Waals surface area contributed by atoms with Crippen LogP contribution < -0.4 is 11.1 Å². The molecular formula is C9H11N3O3. The summed E-state index contributed by atoms with van der Waals surface area (Å²) in [5.74, 6) is -1.46. The van der Waals surface area contributed by atoms with Crippen LogP contribution in [0.2, 0.25) is 0 Å². The third-order valence-corrected chi connectivity index (χ3v) is 1.68. The molecule has 0 bridgehead atoms. The number of amides is 1. The Hall–Kier alpha value is -2.11. The molecule has 0 aliphatic carbocycles. The molecule has 0 saturated carbocycles. The Labute approximate surface area is 86.1 Å². The van der Waals surface area contributed by atoms with E-state index in [1.165, 1.54) is 12.3 Å². The summed E-state index contributed by atoms with van der Waals surface area (Å²) in [7, 11) is 0. The van der Waals surface area contributed by atoms with Crippen LogP contribution in [0.25, 0.3) is 0 Å². The molecular weight excluding hydrogens is 198 g/mol. The predicted octanol–water partition coefficient (Wildman–Crippen LogP) is 0.0671. The highest BCUT2D eigenvalue weighted by molar-refractivity contribution is 5.85. The first kappa shape index (κ1) is 11.0. The number of carbonyl (C=O) groups excluding carboxylic acids is 1. The molecule has 0 aromatic carbocycles. The quantitative estimate of drug-likeness (QED) is 0.636. The second kappa shape index (κ2) is 4.94. The molecule has 15 heavy (non-hydrogen) atoms. The largest absolute Gasteiger partial charge is 0.477 e. The second-order valence-electron chi connectivity index (χ2n) is 2.88. The number of primary amides is 1. The minimum atomic E-state index is -1.07. The van der Waals surface area contributed by atoms with E-state index in [4.69, 9.17) is 10.8 Å². The van der Waals surface area contributed by atoms with Crippen LogP contribution >= 0.6 is 0 Å². The van der Waals surface area contributed by atoms with Gasteiger partial charge in [0.1, 0.15) is 5.69 Å². The van der Waals surface area contributed by atoms with Crippen LogP contribution in [0.4, 0.5) is 5.69 Å². The number of hydrogen-bond acceptors (Lipinski definition) is 4. The maximum atomic E-state index is 10.5. The number of nitrogens with two attached hydrogens (primary N) is 1. The first-order chi connectivity index (χ1) is 7.09. The van der Waals surface area contributed by atoms with Gasteiger partial charge in [0.25, 0.3) is 0 Å². The van der Waals surface area contributed by atoms with Gasteiger partial charge in [-0.2, -0.15) is 0 Å². The average Bonchev–Trinajstić information content (AvgIpc) is 2.18. The van der Waals surface area contributed by atoms with Crippen molar-refractivity contribution in [1.82, 2.24) is 4.98 Å². The standard InChI is InChI=1S/C9H11N3O3/c10-8(13)3-4-11-6-1-2-7(9(14)15)12-5-6/h1-2,5,11H,3-4H2,(H2,10,13)(H,14,15). The van der Waals surface area contributed by atoms with Gasteiger partial charge in [-0.05, 0) is 12.1 Å². The van der Waals surface area contributed by atoms with Gasteiger partial charge in [0.05, 0.1) is 11.9 Å². The van der Waals surface area contributed by atoms with Crippen LogP contribution in [-0.4, -0.2) is 28.5 Å². The lowest BCUT2D eigenvalue weighted by Crippen LogP contribution is -2.15. The van der Waals surface area contributed by atoms with Gasteiger partial charge in [-0.3, -0.25) is 4.79 Å². The van der Waals surface area contributed by atoms with Crippen LogP contribution in [-0.2, 0) is 4.79 Å². The van der Waals surface area contributed by atoms with Crippen molar-refractivity contribution in [2.45, 2.75) is 6.42 Å². The van der Waals surface area contributed by atoms with Crippen LogP contribution in [0.15, 0.2) is 18.3 Å². The van der Waals surface area contributed by atoms with E-state index in [2.05, 4.69) is 10.3 Å². The van der Waals surface area contributed by atoms with E-state index in [0.29, 0.717) is 12.2 Å². The van der Waals surface area contributed by atoms with Crippen molar-refractivity contribution in [3.63, 3.8) is 0 Å². The van der Waals surface area contributed by atoms with Crippen molar-refractivity contribution in [1.29, 1.82) is 0 Å². The summed E-state index contributed by atoms with van der Waals surface area (Å²) in [4.78, 5) is 24.6. The molecule has 1 heterocycles. The number of pyridine rings is 1. The maximum Gasteiger partial charge on any atom is 0.354 e. The zero-order valence-corrected chi connectivity index (χ0v) is 7.93. The summed E-state index contributed by atoms with van der Waals surface area (Å²) >= 11 is 0. The molecule has 0 spiro atoms. The zero-order chi connectivity index (χ0) is 11.3. The van der Waals surface area contributed by atoms with Crippen LogP contribution in [0.1, 0.15) is 16.9 Å². The fraction of sp³-hybridized carbons (Fsp3) is 0.222. The monoisotopic (exact) mass is 209 g/mol. The van der Waals surface area contributed by atoms with Crippen LogP contribution in [0.3, 0.4) is 0 Å². The molecule has 80 valence electrons. The number of aromatic carboxylic acids is 1. The smallest absolute Gasteiger partial charge is 0.354 e. The maximum absolute atomic E-state index is 10.5. The number of carbonyl (C=O) groups is 2. The van der Waals surface area contributed by atoms with Crippen molar-refractivity contribution < 1.29 is 14.7 Å². The molecule has 0 atom stereocenters. The Bertz CT molecular complexity index is 361. The van der Waals surface area contributed by atoms with E-state index in [-0.39, 0.29) is 12.1 Å². The first-order valence-electron chi connectivity index (χ1n) is 4.31. The van der Waals surface area contributed by atoms with Crippen molar-refractivity contribution in [2.24, 2.45) is 5.73 Å². The molecule has 6 nitrogen and oxygen atoms in total. The van der Waals surface area contributed by atoms with Gasteiger partial charge in [0.15, 0.2) is 0 Å². The Balaban J connectivity index is 2.50. The fourth-order valence-corrected chi connectivity index (χ4v) is 0.955. The molecule has 0 aliphatic rings. The topological polar surface area (TPSA) is 105 Å². The van der Waals surface area contributed by atoms with E-state index in [0.717, 1.165) is 0 Å². The van der Waals surface area contributed by atoms with Crippen LogP contribution in [0, 0.1) is 0 Å². The molecule has 0 fully saturated rings. The third kappa shape index (κ3) is 3.63. The zero-order valence-electron chi connectivity index (χ0n) is 7.93. The SMILES string of the molecule is NC(=O)CCNc1ccc(C(=O)O)nc1. The van der Waals surface area contributed by atoms with Crippen molar-refractivity contribution >= 4 is 17.6 Å². The van der Waals surface area contributed by atoms with Gasteiger partial charge in [0, 0.05) is 13.0 Å². The van der Waals surface area contributed by atoms with E-state index < -0.39 is 11.9 Å². The highest BCUT2D eigenvalue weighted by Crippen LogP contribution is 2.05. The van der Waals surface area contributed by atoms with Crippen LogP contribution in [0.5, 0.6) is 0 Å². The molecule has 0 aliphatic heterocycles. The molecule has 1 aromatic heterocycles. The minimum absolute atomic E-state index is 0.0181. The summed E-state index contributed by atoms with van der Waals surface area (Å²) in [5.41, 5.74) is 5.58. The molecule has 0 radical (unpaired) electrons. The van der Waals surface area contributed by atoms with Gasteiger partial charge in [-0.1, -0.05) is 0 Å². The molecule has 4 N–H and O–H groups in total. The molecule has 0 saturated heterocycles. The lowest BCUT2D eigenvalue weighted by Gasteiger charge is -2.03. The average molecular weight is 209 g/mol. The van der Waals surface area contributed by atoms with E-state index in [1.54, 1.807) is 6.07 Å². The third-order valence-electron chi connectivity index (χ3n) is 1.68. The van der Waals surface area contributed by atoms with Crippen molar-refractivity contribution in [3.05, 3.63) is 24.0 Å². The number of aromatic nitrogens is 1. The number of rotatable bonds is 5. The number of carboxylic acid groups (broad SMARTS) is 1. The molecule has 1 aromatic rings. The van der Waals surface area contributed by atoms with Gasteiger partial charge in [0.2, 0.25) is 5.91 Å². The molecule has 1 amide bonds. The van der Waals surface area contributed by atoms with Gasteiger partial charge < -0.3 is 16.2 Å². The lowest BCUT2D eigenvalue weighted by atomic mass is 10.3. The highest BCUT2D eigenvalue weighted by Gasteiger charge is 2.03. The second-order valence-corrected chi connectivity index (χ2v) is 2.88. The number of nitrogens with zero attached hydrogens (tertiary/aromatic N) is 1. The van der Waals surface area contributed by atoms with Gasteiger partial charge in [-0.25, -0.2) is 9.78 Å². The highest BCUT2D eigenvalue weighted by atomic mass is 16.4.